The van der Waals surface area contributed by atoms with E-state index >= 15 is 0 Å². The number of aromatic nitrogens is 1. The largest absolute Gasteiger partial charge is 0.481 e. The lowest BCUT2D eigenvalue weighted by atomic mass is 10.0. The third-order valence-corrected chi connectivity index (χ3v) is 4.89. The summed E-state index contributed by atoms with van der Waals surface area (Å²) in [5.41, 5.74) is 4.78. The molecule has 0 bridgehead atoms. The van der Waals surface area contributed by atoms with Gasteiger partial charge in [0.15, 0.2) is 0 Å². The number of carboxylic acid groups (broad SMARTS) is 1. The first kappa shape index (κ1) is 16.5. The normalized spacial score (nSPS) is 13.5. The topological polar surface area (TPSA) is 71.3 Å². The molecule has 3 aromatic rings. The minimum Gasteiger partial charge on any atom is -0.481 e. The minimum atomic E-state index is -0.848. The summed E-state index contributed by atoms with van der Waals surface area (Å²) >= 11 is 0. The molecule has 0 atom stereocenters. The summed E-state index contributed by atoms with van der Waals surface area (Å²) in [6.45, 7) is 1.51. The highest BCUT2D eigenvalue weighted by Crippen LogP contribution is 2.30. The van der Waals surface area contributed by atoms with E-state index in [9.17, 15) is 9.59 Å². The van der Waals surface area contributed by atoms with Crippen LogP contribution in [0.5, 0.6) is 0 Å². The molecule has 2 N–H and O–H groups in total. The van der Waals surface area contributed by atoms with Crippen LogP contribution in [0, 0.1) is 0 Å². The molecule has 1 aromatic heterocycles. The van der Waals surface area contributed by atoms with Crippen molar-refractivity contribution in [2.24, 2.45) is 0 Å². The van der Waals surface area contributed by atoms with Crippen LogP contribution in [-0.4, -0.2) is 28.1 Å². The molecule has 0 amide bonds. The number of fused-ring (bicyclic) bond motifs is 3. The van der Waals surface area contributed by atoms with Crippen LogP contribution in [0.25, 0.3) is 10.9 Å². The highest BCUT2D eigenvalue weighted by molar-refractivity contribution is 5.97. The first-order valence-electron chi connectivity index (χ1n) is 8.78. The molecule has 0 fully saturated rings. The molecule has 5 nitrogen and oxygen atoms in total. The second-order valence-corrected chi connectivity index (χ2v) is 6.67. The number of carbonyl (C=O) groups is 2. The van der Waals surface area contributed by atoms with E-state index in [4.69, 9.17) is 5.11 Å². The fourth-order valence-corrected chi connectivity index (χ4v) is 3.76. The zero-order valence-corrected chi connectivity index (χ0v) is 14.4. The summed E-state index contributed by atoms with van der Waals surface area (Å²) < 4.78 is 1.81. The summed E-state index contributed by atoms with van der Waals surface area (Å²) in [5.74, 6) is -0.809. The first-order chi connectivity index (χ1) is 12.6. The Bertz CT molecular complexity index is 989. The first-order valence-corrected chi connectivity index (χ1v) is 8.78. The standard InChI is InChI=1S/C21H20N2O3/c24-20(11-14-4-2-1-3-5-14)23-18-7-6-15(12-21(25)26)10-17(18)16-8-9-22-13-19(16)23/h1-7,10,22H,8-9,11-13H2,(H,25,26). The molecule has 0 radical (unpaired) electrons. The number of nitrogens with one attached hydrogen (secondary N) is 1. The van der Waals surface area contributed by atoms with Crippen LogP contribution in [0.3, 0.4) is 0 Å². The van der Waals surface area contributed by atoms with Crippen molar-refractivity contribution < 1.29 is 14.7 Å². The van der Waals surface area contributed by atoms with Crippen molar-refractivity contribution in [2.75, 3.05) is 6.54 Å². The summed E-state index contributed by atoms with van der Waals surface area (Å²) in [4.78, 5) is 24.1. The van der Waals surface area contributed by atoms with Crippen LogP contribution in [0.2, 0.25) is 0 Å². The van der Waals surface area contributed by atoms with Gasteiger partial charge in [0.05, 0.1) is 18.4 Å². The molecule has 132 valence electrons. The summed E-state index contributed by atoms with van der Waals surface area (Å²) in [7, 11) is 0. The van der Waals surface area contributed by atoms with Gasteiger partial charge in [-0.1, -0.05) is 36.4 Å². The molecule has 2 aromatic carbocycles. The zero-order valence-electron chi connectivity index (χ0n) is 14.4. The molecule has 1 aliphatic rings. The van der Waals surface area contributed by atoms with Crippen molar-refractivity contribution in [1.82, 2.24) is 9.88 Å². The van der Waals surface area contributed by atoms with Gasteiger partial charge in [-0.2, -0.15) is 0 Å². The summed E-state index contributed by atoms with van der Waals surface area (Å²) in [6, 6.07) is 15.3. The Morgan fingerprint density at radius 2 is 1.85 bits per heavy atom. The Morgan fingerprint density at radius 3 is 2.62 bits per heavy atom. The van der Waals surface area contributed by atoms with E-state index in [1.807, 2.05) is 53.1 Å². The van der Waals surface area contributed by atoms with Crippen molar-refractivity contribution in [3.63, 3.8) is 0 Å². The van der Waals surface area contributed by atoms with Gasteiger partial charge in [0, 0.05) is 17.6 Å². The van der Waals surface area contributed by atoms with E-state index in [1.165, 1.54) is 0 Å². The smallest absolute Gasteiger partial charge is 0.307 e. The average Bonchev–Trinajstić information content (AvgIpc) is 2.96. The summed E-state index contributed by atoms with van der Waals surface area (Å²) in [5, 5.41) is 13.4. The monoisotopic (exact) mass is 348 g/mol. The SMILES string of the molecule is O=C(O)Cc1ccc2c(c1)c1c(n2C(=O)Cc2ccccc2)CNCC1. The number of hydrogen-bond donors (Lipinski definition) is 2. The van der Waals surface area contributed by atoms with Crippen LogP contribution < -0.4 is 5.32 Å². The van der Waals surface area contributed by atoms with Crippen LogP contribution >= 0.6 is 0 Å². The van der Waals surface area contributed by atoms with Crippen LogP contribution in [0.15, 0.2) is 48.5 Å². The minimum absolute atomic E-state index is 0.00783. The number of rotatable bonds is 4. The number of carboxylic acids is 1. The Balaban J connectivity index is 1.80. The van der Waals surface area contributed by atoms with E-state index in [-0.39, 0.29) is 12.3 Å². The van der Waals surface area contributed by atoms with Crippen molar-refractivity contribution >= 4 is 22.8 Å². The molecule has 4 rings (SSSR count). The van der Waals surface area contributed by atoms with Gasteiger partial charge >= 0.3 is 5.97 Å². The zero-order chi connectivity index (χ0) is 18.1. The highest BCUT2D eigenvalue weighted by atomic mass is 16.4. The van der Waals surface area contributed by atoms with Gasteiger partial charge < -0.3 is 10.4 Å². The van der Waals surface area contributed by atoms with E-state index < -0.39 is 5.97 Å². The van der Waals surface area contributed by atoms with Gasteiger partial charge in [0.2, 0.25) is 5.91 Å². The maximum absolute atomic E-state index is 13.1. The van der Waals surface area contributed by atoms with Gasteiger partial charge in [-0.05, 0) is 41.8 Å². The Morgan fingerprint density at radius 1 is 1.04 bits per heavy atom. The number of benzene rings is 2. The fourth-order valence-electron chi connectivity index (χ4n) is 3.76. The molecule has 0 saturated carbocycles. The molecule has 0 aliphatic carbocycles. The molecule has 0 saturated heterocycles. The van der Waals surface area contributed by atoms with Crippen molar-refractivity contribution in [3.05, 3.63) is 70.9 Å². The van der Waals surface area contributed by atoms with Gasteiger partial charge in [-0.25, -0.2) is 0 Å². The van der Waals surface area contributed by atoms with Crippen molar-refractivity contribution in [1.29, 1.82) is 0 Å². The average molecular weight is 348 g/mol. The lowest BCUT2D eigenvalue weighted by Crippen LogP contribution is -2.27. The van der Waals surface area contributed by atoms with Gasteiger partial charge in [-0.3, -0.25) is 14.2 Å². The predicted molar refractivity (Wildman–Crippen MR) is 99.5 cm³/mol. The second kappa shape index (κ2) is 6.77. The molecule has 0 spiro atoms. The summed E-state index contributed by atoms with van der Waals surface area (Å²) in [6.07, 6.45) is 1.17. The lowest BCUT2D eigenvalue weighted by molar-refractivity contribution is -0.136. The van der Waals surface area contributed by atoms with Gasteiger partial charge in [0.1, 0.15) is 0 Å². The van der Waals surface area contributed by atoms with Crippen molar-refractivity contribution in [2.45, 2.75) is 25.8 Å². The second-order valence-electron chi connectivity index (χ2n) is 6.67. The van der Waals surface area contributed by atoms with Gasteiger partial charge in [-0.15, -0.1) is 0 Å². The van der Waals surface area contributed by atoms with Crippen LogP contribution in [-0.2, 0) is 30.6 Å². The Hall–Kier alpha value is -2.92. The number of hydrogen-bond acceptors (Lipinski definition) is 3. The fraction of sp³-hybridized carbons (Fsp3) is 0.238. The van der Waals surface area contributed by atoms with E-state index in [2.05, 4.69) is 5.32 Å². The molecule has 2 heterocycles. The predicted octanol–water partition coefficient (Wildman–Crippen LogP) is 2.80. The highest BCUT2D eigenvalue weighted by Gasteiger charge is 2.23. The quantitative estimate of drug-likeness (QED) is 0.761. The van der Waals surface area contributed by atoms with E-state index in [0.717, 1.165) is 46.3 Å². The molecule has 1 aliphatic heterocycles. The van der Waals surface area contributed by atoms with Crippen molar-refractivity contribution in [3.8, 4) is 0 Å². The third kappa shape index (κ3) is 3.02. The number of nitrogens with zero attached hydrogens (tertiary/aromatic N) is 1. The molecule has 26 heavy (non-hydrogen) atoms. The molecular formula is C21H20N2O3. The van der Waals surface area contributed by atoms with Crippen LogP contribution in [0.1, 0.15) is 27.2 Å². The lowest BCUT2D eigenvalue weighted by Gasteiger charge is -2.16. The maximum Gasteiger partial charge on any atom is 0.307 e. The van der Waals surface area contributed by atoms with E-state index in [0.29, 0.717) is 13.0 Å². The number of carbonyl (C=O) groups excluding carboxylic acids is 1. The van der Waals surface area contributed by atoms with Crippen LogP contribution in [0.4, 0.5) is 0 Å². The van der Waals surface area contributed by atoms with Gasteiger partial charge in [0.25, 0.3) is 0 Å². The Kier molecular flexibility index (Phi) is 4.31. The molecule has 0 unspecified atom stereocenters. The third-order valence-electron chi connectivity index (χ3n) is 4.89. The molecular weight excluding hydrogens is 328 g/mol. The molecule has 5 heteroatoms. The maximum atomic E-state index is 13.1. The van der Waals surface area contributed by atoms with E-state index in [1.54, 1.807) is 0 Å². The number of aliphatic carboxylic acids is 1. The Labute approximate surface area is 151 Å².